The van der Waals surface area contributed by atoms with E-state index in [0.29, 0.717) is 5.69 Å². The number of rotatable bonds is 2. The molecule has 0 spiro atoms. The Bertz CT molecular complexity index is 686. The third-order valence-electron chi connectivity index (χ3n) is 2.62. The quantitative estimate of drug-likeness (QED) is 0.387. The summed E-state index contributed by atoms with van der Waals surface area (Å²) < 4.78 is 65.6. The van der Waals surface area contributed by atoms with Gasteiger partial charge in [-0.05, 0) is 24.3 Å². The topological polar surface area (TPSA) is 55.1 Å². The molecule has 110 valence electrons. The summed E-state index contributed by atoms with van der Waals surface area (Å²) in [6.07, 6.45) is 0. The van der Waals surface area contributed by atoms with Crippen molar-refractivity contribution in [3.63, 3.8) is 0 Å². The van der Waals surface area contributed by atoms with Crippen LogP contribution in [0.1, 0.15) is 10.4 Å². The molecule has 0 radical (unpaired) electrons. The van der Waals surface area contributed by atoms with Crippen molar-refractivity contribution >= 4 is 17.3 Å². The van der Waals surface area contributed by atoms with Gasteiger partial charge in [0.2, 0.25) is 5.82 Å². The molecule has 0 aromatic heterocycles. The van der Waals surface area contributed by atoms with E-state index in [1.807, 2.05) is 0 Å². The van der Waals surface area contributed by atoms with Crippen LogP contribution in [0, 0.1) is 29.1 Å². The molecule has 2 aromatic rings. The fourth-order valence-electron chi connectivity index (χ4n) is 1.53. The number of benzene rings is 2. The zero-order valence-corrected chi connectivity index (χ0v) is 10.2. The molecule has 8 heteroatoms. The van der Waals surface area contributed by atoms with Crippen molar-refractivity contribution in [1.82, 2.24) is 0 Å². The minimum absolute atomic E-state index is 0.0619. The minimum Gasteiger partial charge on any atom is -0.399 e. The first kappa shape index (κ1) is 14.8. The molecule has 0 aliphatic rings. The molecule has 1 amide bonds. The van der Waals surface area contributed by atoms with Crippen LogP contribution in [0.4, 0.5) is 33.3 Å². The van der Waals surface area contributed by atoms with E-state index < -0.39 is 40.7 Å². The SMILES string of the molecule is Nc1ccc(C(=O)Nc2c(F)c(F)c(F)c(F)c2F)cc1. The largest absolute Gasteiger partial charge is 0.399 e. The number of carbonyl (C=O) groups excluding carboxylic acids is 1. The molecule has 0 heterocycles. The average molecular weight is 302 g/mol. The van der Waals surface area contributed by atoms with Gasteiger partial charge in [-0.1, -0.05) is 0 Å². The highest BCUT2D eigenvalue weighted by Crippen LogP contribution is 2.27. The number of nitrogens with two attached hydrogens (primary N) is 1. The maximum Gasteiger partial charge on any atom is 0.255 e. The fourth-order valence-corrected chi connectivity index (χ4v) is 1.53. The molecule has 2 aromatic carbocycles. The Morgan fingerprint density at radius 3 is 1.71 bits per heavy atom. The van der Waals surface area contributed by atoms with Crippen molar-refractivity contribution < 1.29 is 26.7 Å². The third kappa shape index (κ3) is 2.64. The predicted octanol–water partition coefficient (Wildman–Crippen LogP) is 3.22. The molecule has 0 saturated heterocycles. The third-order valence-corrected chi connectivity index (χ3v) is 2.62. The zero-order valence-electron chi connectivity index (χ0n) is 10.2. The minimum atomic E-state index is -2.30. The molecule has 0 bridgehead atoms. The van der Waals surface area contributed by atoms with Crippen LogP contribution in [-0.2, 0) is 0 Å². The number of anilines is 2. The molecule has 0 atom stereocenters. The van der Waals surface area contributed by atoms with E-state index in [9.17, 15) is 26.7 Å². The van der Waals surface area contributed by atoms with Crippen molar-refractivity contribution in [3.8, 4) is 0 Å². The van der Waals surface area contributed by atoms with Crippen molar-refractivity contribution in [1.29, 1.82) is 0 Å². The van der Waals surface area contributed by atoms with E-state index in [1.54, 1.807) is 5.32 Å². The van der Waals surface area contributed by atoms with Crippen LogP contribution in [-0.4, -0.2) is 5.91 Å². The van der Waals surface area contributed by atoms with Crippen molar-refractivity contribution in [3.05, 3.63) is 58.9 Å². The maximum atomic E-state index is 13.4. The van der Waals surface area contributed by atoms with E-state index >= 15 is 0 Å². The van der Waals surface area contributed by atoms with E-state index in [1.165, 1.54) is 24.3 Å². The van der Waals surface area contributed by atoms with Gasteiger partial charge in [0.25, 0.3) is 5.91 Å². The van der Waals surface area contributed by atoms with Gasteiger partial charge in [-0.3, -0.25) is 4.79 Å². The molecule has 0 aliphatic heterocycles. The predicted molar refractivity (Wildman–Crippen MR) is 65.0 cm³/mol. The van der Waals surface area contributed by atoms with Crippen molar-refractivity contribution in [2.45, 2.75) is 0 Å². The summed E-state index contributed by atoms with van der Waals surface area (Å²) >= 11 is 0. The zero-order chi connectivity index (χ0) is 15.7. The van der Waals surface area contributed by atoms with Crippen LogP contribution in [0.15, 0.2) is 24.3 Å². The van der Waals surface area contributed by atoms with E-state index in [0.717, 1.165) is 0 Å². The van der Waals surface area contributed by atoms with E-state index in [-0.39, 0.29) is 5.56 Å². The Morgan fingerprint density at radius 2 is 1.24 bits per heavy atom. The van der Waals surface area contributed by atoms with Crippen LogP contribution in [0.3, 0.4) is 0 Å². The molecule has 2 rings (SSSR count). The van der Waals surface area contributed by atoms with Gasteiger partial charge in [0, 0.05) is 11.3 Å². The lowest BCUT2D eigenvalue weighted by Gasteiger charge is -2.10. The second kappa shape index (κ2) is 5.39. The fraction of sp³-hybridized carbons (Fsp3) is 0. The maximum absolute atomic E-state index is 13.4. The number of hydrogen-bond acceptors (Lipinski definition) is 2. The highest BCUT2D eigenvalue weighted by molar-refractivity contribution is 6.04. The van der Waals surface area contributed by atoms with Crippen LogP contribution in [0.25, 0.3) is 0 Å². The first-order valence-corrected chi connectivity index (χ1v) is 5.51. The molecule has 0 fully saturated rings. The van der Waals surface area contributed by atoms with Crippen LogP contribution in [0.5, 0.6) is 0 Å². The van der Waals surface area contributed by atoms with Gasteiger partial charge in [0.05, 0.1) is 0 Å². The Hall–Kier alpha value is -2.64. The summed E-state index contributed by atoms with van der Waals surface area (Å²) in [5.41, 5.74) is 4.26. The lowest BCUT2D eigenvalue weighted by molar-refractivity contribution is 0.102. The van der Waals surface area contributed by atoms with Gasteiger partial charge in [0.15, 0.2) is 23.3 Å². The summed E-state index contributed by atoms with van der Waals surface area (Å²) in [7, 11) is 0. The Balaban J connectivity index is 2.40. The highest BCUT2D eigenvalue weighted by atomic mass is 19.2. The summed E-state index contributed by atoms with van der Waals surface area (Å²) in [6, 6.07) is 5.15. The van der Waals surface area contributed by atoms with Gasteiger partial charge in [-0.15, -0.1) is 0 Å². The van der Waals surface area contributed by atoms with Gasteiger partial charge in [-0.2, -0.15) is 0 Å². The number of nitrogens with one attached hydrogen (secondary N) is 1. The van der Waals surface area contributed by atoms with Gasteiger partial charge in [-0.25, -0.2) is 22.0 Å². The molecular weight excluding hydrogens is 295 g/mol. The number of nitrogen functional groups attached to an aromatic ring is 1. The molecular formula is C13H7F5N2O. The second-order valence-corrected chi connectivity index (χ2v) is 4.02. The van der Waals surface area contributed by atoms with Gasteiger partial charge < -0.3 is 11.1 Å². The first-order valence-electron chi connectivity index (χ1n) is 5.51. The van der Waals surface area contributed by atoms with Crippen molar-refractivity contribution in [2.75, 3.05) is 11.1 Å². The molecule has 3 nitrogen and oxygen atoms in total. The lowest BCUT2D eigenvalue weighted by atomic mass is 10.2. The van der Waals surface area contributed by atoms with Crippen LogP contribution in [0.2, 0.25) is 0 Å². The summed E-state index contributed by atoms with van der Waals surface area (Å²) in [6.45, 7) is 0. The molecule has 0 unspecified atom stereocenters. The standard InChI is InChI=1S/C13H7F5N2O/c14-7-8(15)10(17)12(11(18)9(7)16)20-13(21)5-1-3-6(19)4-2-5/h1-4H,19H2,(H,20,21). The first-order chi connectivity index (χ1) is 9.82. The normalized spacial score (nSPS) is 10.5. The van der Waals surface area contributed by atoms with Crippen molar-refractivity contribution in [2.24, 2.45) is 0 Å². The summed E-state index contributed by atoms with van der Waals surface area (Å²) in [4.78, 5) is 11.7. The molecule has 3 N–H and O–H groups in total. The van der Waals surface area contributed by atoms with E-state index in [2.05, 4.69) is 0 Å². The Labute approximate surface area is 115 Å². The number of hydrogen-bond donors (Lipinski definition) is 2. The van der Waals surface area contributed by atoms with E-state index in [4.69, 9.17) is 5.73 Å². The number of carbonyl (C=O) groups is 1. The lowest BCUT2D eigenvalue weighted by Crippen LogP contribution is -2.16. The highest BCUT2D eigenvalue weighted by Gasteiger charge is 2.26. The molecule has 0 saturated carbocycles. The second-order valence-electron chi connectivity index (χ2n) is 4.02. The average Bonchev–Trinajstić information content (AvgIpc) is 2.48. The summed E-state index contributed by atoms with van der Waals surface area (Å²) in [5.74, 6) is -11.8. The summed E-state index contributed by atoms with van der Waals surface area (Å²) in [5, 5.41) is 1.65. The van der Waals surface area contributed by atoms with Crippen LogP contribution < -0.4 is 11.1 Å². The monoisotopic (exact) mass is 302 g/mol. The molecule has 0 aliphatic carbocycles. The Morgan fingerprint density at radius 1 is 0.810 bits per heavy atom. The smallest absolute Gasteiger partial charge is 0.255 e. The van der Waals surface area contributed by atoms with Gasteiger partial charge in [0.1, 0.15) is 5.69 Å². The molecule has 21 heavy (non-hydrogen) atoms. The number of halogens is 5. The van der Waals surface area contributed by atoms with Gasteiger partial charge >= 0.3 is 0 Å². The van der Waals surface area contributed by atoms with Crippen LogP contribution >= 0.6 is 0 Å². The Kier molecular flexibility index (Phi) is 3.79. The number of amides is 1.